The highest BCUT2D eigenvalue weighted by Gasteiger charge is 2.12. The van der Waals surface area contributed by atoms with Crippen molar-refractivity contribution in [3.63, 3.8) is 0 Å². The molecule has 1 heterocycles. The van der Waals surface area contributed by atoms with Crippen LogP contribution >= 0.6 is 11.8 Å². The van der Waals surface area contributed by atoms with Gasteiger partial charge in [0.2, 0.25) is 5.56 Å². The van der Waals surface area contributed by atoms with E-state index in [0.717, 1.165) is 11.8 Å². The first-order valence-electron chi connectivity index (χ1n) is 7.19. The zero-order chi connectivity index (χ0) is 18.4. The quantitative estimate of drug-likeness (QED) is 0.627. The van der Waals surface area contributed by atoms with Crippen molar-refractivity contribution < 1.29 is 18.7 Å². The lowest BCUT2D eigenvalue weighted by atomic mass is 10.2. The number of hydrogen-bond donors (Lipinski definition) is 1. The molecule has 0 saturated carbocycles. The summed E-state index contributed by atoms with van der Waals surface area (Å²) >= 11 is 1.01. The third-order valence-corrected chi connectivity index (χ3v) is 4.24. The molecule has 0 amide bonds. The van der Waals surface area contributed by atoms with Crippen molar-refractivity contribution in [3.05, 3.63) is 57.1 Å². The monoisotopic (exact) mass is 362 g/mol. The van der Waals surface area contributed by atoms with Crippen LogP contribution in [0.25, 0.3) is 0 Å². The minimum atomic E-state index is -0.549. The fourth-order valence-electron chi connectivity index (χ4n) is 2.04. The summed E-state index contributed by atoms with van der Waals surface area (Å²) < 4.78 is 23.5. The third kappa shape index (κ3) is 4.84. The minimum Gasteiger partial charge on any atom is -0.494 e. The molecule has 2 aromatic rings. The van der Waals surface area contributed by atoms with Gasteiger partial charge in [-0.15, -0.1) is 0 Å². The lowest BCUT2D eigenvalue weighted by molar-refractivity contribution is -0.141. The molecule has 0 unspecified atom stereocenters. The van der Waals surface area contributed by atoms with Gasteiger partial charge in [0.05, 0.1) is 23.5 Å². The Morgan fingerprint density at radius 1 is 1.40 bits per heavy atom. The third-order valence-electron chi connectivity index (χ3n) is 3.27. The largest absolute Gasteiger partial charge is 0.494 e. The molecule has 25 heavy (non-hydrogen) atoms. The number of pyridine rings is 1. The summed E-state index contributed by atoms with van der Waals surface area (Å²) in [7, 11) is 1.36. The minimum absolute atomic E-state index is 0.0875. The number of benzene rings is 1. The number of ether oxygens (including phenoxy) is 2. The van der Waals surface area contributed by atoms with Crippen molar-refractivity contribution in [2.45, 2.75) is 18.6 Å². The molecule has 0 saturated heterocycles. The van der Waals surface area contributed by atoms with E-state index in [2.05, 4.69) is 4.98 Å². The first-order valence-corrected chi connectivity index (χ1v) is 8.18. The zero-order valence-electron chi connectivity index (χ0n) is 13.6. The molecule has 0 spiro atoms. The van der Waals surface area contributed by atoms with Gasteiger partial charge in [0, 0.05) is 6.07 Å². The van der Waals surface area contributed by atoms with Crippen LogP contribution in [0.5, 0.6) is 5.75 Å². The summed E-state index contributed by atoms with van der Waals surface area (Å²) in [5.41, 5.74) is 0.991. The van der Waals surface area contributed by atoms with Crippen LogP contribution in [-0.4, -0.2) is 23.8 Å². The summed E-state index contributed by atoms with van der Waals surface area (Å²) in [5, 5.41) is 9.45. The van der Waals surface area contributed by atoms with Gasteiger partial charge in [-0.05, 0) is 30.2 Å². The van der Waals surface area contributed by atoms with E-state index in [1.54, 1.807) is 13.0 Å². The van der Waals surface area contributed by atoms with Gasteiger partial charge >= 0.3 is 5.97 Å². The molecule has 0 aliphatic rings. The van der Waals surface area contributed by atoms with Crippen molar-refractivity contribution in [2.24, 2.45) is 0 Å². The normalized spacial score (nSPS) is 10.2. The Morgan fingerprint density at radius 2 is 2.16 bits per heavy atom. The van der Waals surface area contributed by atoms with E-state index in [9.17, 15) is 14.0 Å². The lowest BCUT2D eigenvalue weighted by Crippen LogP contribution is -2.11. The number of carbonyl (C=O) groups excluding carboxylic acids is 1. The number of aryl methyl sites for hydroxylation is 1. The average molecular weight is 362 g/mol. The van der Waals surface area contributed by atoms with Crippen LogP contribution in [0.4, 0.5) is 4.39 Å². The van der Waals surface area contributed by atoms with Gasteiger partial charge in [-0.2, -0.15) is 5.26 Å². The van der Waals surface area contributed by atoms with Gasteiger partial charge in [0.15, 0.2) is 11.6 Å². The molecule has 0 radical (unpaired) electrons. The fourth-order valence-corrected chi connectivity index (χ4v) is 2.91. The Hall–Kier alpha value is -2.79. The number of rotatable bonds is 6. The van der Waals surface area contributed by atoms with Crippen LogP contribution in [0.3, 0.4) is 0 Å². The maximum Gasteiger partial charge on any atom is 0.316 e. The van der Waals surface area contributed by atoms with Gasteiger partial charge < -0.3 is 14.5 Å². The number of thioether (sulfide) groups is 1. The topological polar surface area (TPSA) is 92.2 Å². The van der Waals surface area contributed by atoms with E-state index >= 15 is 0 Å². The Bertz CT molecular complexity index is 889. The van der Waals surface area contributed by atoms with Crippen LogP contribution in [0.1, 0.15) is 16.7 Å². The van der Waals surface area contributed by atoms with Crippen molar-refractivity contribution in [3.8, 4) is 11.8 Å². The van der Waals surface area contributed by atoms with E-state index in [1.165, 1.54) is 25.3 Å². The first-order chi connectivity index (χ1) is 11.9. The molecule has 0 atom stereocenters. The Morgan fingerprint density at radius 3 is 2.80 bits per heavy atom. The number of esters is 1. The molecule has 6 nitrogen and oxygen atoms in total. The fraction of sp³-hybridized carbons (Fsp3) is 0.235. The lowest BCUT2D eigenvalue weighted by Gasteiger charge is -2.08. The molecule has 1 aromatic carbocycles. The summed E-state index contributed by atoms with van der Waals surface area (Å²) in [6, 6.07) is 7.58. The first kappa shape index (κ1) is 18.5. The smallest absolute Gasteiger partial charge is 0.316 e. The van der Waals surface area contributed by atoms with Crippen LogP contribution < -0.4 is 10.3 Å². The number of H-pyrrole nitrogens is 1. The number of aromatic nitrogens is 1. The molecular weight excluding hydrogens is 347 g/mol. The second-order valence-corrected chi connectivity index (χ2v) is 6.04. The predicted molar refractivity (Wildman–Crippen MR) is 90.0 cm³/mol. The summed E-state index contributed by atoms with van der Waals surface area (Å²) in [5.74, 6) is -1.07. The van der Waals surface area contributed by atoms with Gasteiger partial charge in [0.1, 0.15) is 12.7 Å². The second kappa shape index (κ2) is 8.35. The molecule has 8 heteroatoms. The molecule has 0 aliphatic heterocycles. The molecular formula is C17H15FN2O4S. The van der Waals surface area contributed by atoms with E-state index in [1.807, 2.05) is 6.07 Å². The number of hydrogen-bond acceptors (Lipinski definition) is 6. The van der Waals surface area contributed by atoms with Crippen molar-refractivity contribution >= 4 is 17.7 Å². The predicted octanol–water partition coefficient (Wildman–Crippen LogP) is 2.54. The maximum atomic E-state index is 13.6. The van der Waals surface area contributed by atoms with Crippen LogP contribution in [0, 0.1) is 24.1 Å². The number of halogens is 1. The molecule has 130 valence electrons. The number of aromatic amines is 1. The highest BCUT2D eigenvalue weighted by molar-refractivity contribution is 7.99. The van der Waals surface area contributed by atoms with Crippen molar-refractivity contribution in [1.82, 2.24) is 4.98 Å². The van der Waals surface area contributed by atoms with E-state index in [0.29, 0.717) is 21.7 Å². The van der Waals surface area contributed by atoms with Crippen molar-refractivity contribution in [1.29, 1.82) is 5.26 Å². The molecule has 1 aromatic heterocycles. The SMILES string of the molecule is COc1ccc(COC(=O)CSc2[nH]c(=O)cc(C)c2C#N)cc1F. The number of methoxy groups -OCH3 is 1. The van der Waals surface area contributed by atoms with Crippen LogP contribution in [-0.2, 0) is 16.1 Å². The molecule has 2 rings (SSSR count). The van der Waals surface area contributed by atoms with Crippen LogP contribution in [0.2, 0.25) is 0 Å². The maximum absolute atomic E-state index is 13.6. The van der Waals surface area contributed by atoms with Gasteiger partial charge in [-0.25, -0.2) is 4.39 Å². The van der Waals surface area contributed by atoms with Crippen molar-refractivity contribution in [2.75, 3.05) is 12.9 Å². The standard InChI is InChI=1S/C17H15FN2O4S/c1-10-5-15(21)20-17(12(10)7-19)25-9-16(22)24-8-11-3-4-14(23-2)13(18)6-11/h3-6H,8-9H2,1-2H3,(H,20,21). The Kier molecular flexibility index (Phi) is 6.19. The van der Waals surface area contributed by atoms with Gasteiger partial charge in [-0.1, -0.05) is 17.8 Å². The number of nitrogens with zero attached hydrogens (tertiary/aromatic N) is 1. The summed E-state index contributed by atoms with van der Waals surface area (Å²) in [6.07, 6.45) is 0. The van der Waals surface area contributed by atoms with Crippen LogP contribution in [0.15, 0.2) is 34.1 Å². The summed E-state index contributed by atoms with van der Waals surface area (Å²) in [6.45, 7) is 1.56. The molecule has 0 bridgehead atoms. The van der Waals surface area contributed by atoms with Gasteiger partial charge in [0.25, 0.3) is 0 Å². The molecule has 1 N–H and O–H groups in total. The Labute approximate surface area is 147 Å². The van der Waals surface area contributed by atoms with E-state index in [4.69, 9.17) is 14.7 Å². The average Bonchev–Trinajstić information content (AvgIpc) is 2.57. The Balaban J connectivity index is 1.95. The van der Waals surface area contributed by atoms with E-state index in [-0.39, 0.29) is 23.7 Å². The molecule has 0 aliphatic carbocycles. The van der Waals surface area contributed by atoms with Gasteiger partial charge in [-0.3, -0.25) is 9.59 Å². The molecule has 0 fully saturated rings. The highest BCUT2D eigenvalue weighted by Crippen LogP contribution is 2.21. The highest BCUT2D eigenvalue weighted by atomic mass is 32.2. The summed E-state index contributed by atoms with van der Waals surface area (Å²) in [4.78, 5) is 25.8. The number of carbonyl (C=O) groups is 1. The van der Waals surface area contributed by atoms with E-state index < -0.39 is 11.8 Å². The number of nitrogens with one attached hydrogen (secondary N) is 1. The zero-order valence-corrected chi connectivity index (χ0v) is 14.4. The second-order valence-electron chi connectivity index (χ2n) is 5.05. The number of nitriles is 1.